The summed E-state index contributed by atoms with van der Waals surface area (Å²) >= 11 is 0. The number of hydrogen-bond acceptors (Lipinski definition) is 10. The van der Waals surface area contributed by atoms with Gasteiger partial charge in [-0.15, -0.1) is 0 Å². The molecule has 11 heteroatoms. The third-order valence-corrected chi connectivity index (χ3v) is 7.05. The minimum Gasteiger partial charge on any atom is -0.496 e. The van der Waals surface area contributed by atoms with Crippen LogP contribution in [0.4, 0.5) is 11.8 Å². The second kappa shape index (κ2) is 13.0. The highest BCUT2D eigenvalue weighted by atomic mass is 16.5. The summed E-state index contributed by atoms with van der Waals surface area (Å²) in [5, 5.41) is 13.3. The zero-order valence-electron chi connectivity index (χ0n) is 22.4. The Hall–Kier alpha value is -3.25. The van der Waals surface area contributed by atoms with Gasteiger partial charge >= 0.3 is 0 Å². The lowest BCUT2D eigenvalue weighted by molar-refractivity contribution is 0.130. The average Bonchev–Trinajstić information content (AvgIpc) is 2.91. The monoisotopic (exact) mass is 524 g/mol. The number of fused-ring (bicyclic) bond motifs is 1. The standard InChI is InChI=1S/C27H40N8O3/c1-3-4-21(18-36)30-25-24-22(31-27(29)32-25)7-9-35(26(24)37)17-20-6-5-19(15-23(20)38-2)16-34-13-11-33(10-8-28)12-14-34/h5-7,9,15,21,36H,3-4,8,10-14,16-18,28H2,1-2H3,(H3,29,30,31,32). The van der Waals surface area contributed by atoms with Crippen molar-refractivity contribution >= 4 is 22.7 Å². The number of rotatable bonds is 12. The van der Waals surface area contributed by atoms with Crippen LogP contribution in [0.15, 0.2) is 35.3 Å². The number of methoxy groups -OCH3 is 1. The molecule has 38 heavy (non-hydrogen) atoms. The first-order valence-electron chi connectivity index (χ1n) is 13.3. The predicted molar refractivity (Wildman–Crippen MR) is 150 cm³/mol. The number of aliphatic hydroxyl groups excluding tert-OH is 1. The number of aliphatic hydroxyl groups is 1. The van der Waals surface area contributed by atoms with Crippen LogP contribution in [0.3, 0.4) is 0 Å². The predicted octanol–water partition coefficient (Wildman–Crippen LogP) is 1.08. The molecule has 1 fully saturated rings. The van der Waals surface area contributed by atoms with Gasteiger partial charge in [0.05, 0.1) is 31.8 Å². The zero-order valence-corrected chi connectivity index (χ0v) is 22.4. The number of piperazine rings is 1. The molecule has 6 N–H and O–H groups in total. The molecule has 1 aromatic carbocycles. The Morgan fingerprint density at radius 2 is 1.89 bits per heavy atom. The van der Waals surface area contributed by atoms with Gasteiger partial charge in [-0.1, -0.05) is 25.5 Å². The Bertz CT molecular complexity index is 1270. The van der Waals surface area contributed by atoms with Gasteiger partial charge in [-0.2, -0.15) is 4.98 Å². The lowest BCUT2D eigenvalue weighted by atomic mass is 10.1. The van der Waals surface area contributed by atoms with Gasteiger partial charge in [0.1, 0.15) is 17.0 Å². The van der Waals surface area contributed by atoms with Crippen molar-refractivity contribution in [2.45, 2.75) is 38.9 Å². The quantitative estimate of drug-likeness (QED) is 0.271. The molecule has 1 aliphatic rings. The molecule has 0 radical (unpaired) electrons. The Morgan fingerprint density at radius 3 is 2.58 bits per heavy atom. The summed E-state index contributed by atoms with van der Waals surface area (Å²) in [7, 11) is 1.65. The largest absolute Gasteiger partial charge is 0.496 e. The molecular weight excluding hydrogens is 484 g/mol. The van der Waals surface area contributed by atoms with E-state index in [1.807, 2.05) is 13.0 Å². The molecule has 4 rings (SSSR count). The van der Waals surface area contributed by atoms with Crippen LogP contribution in [0.1, 0.15) is 30.9 Å². The molecule has 1 unspecified atom stereocenters. The zero-order chi connectivity index (χ0) is 27.1. The van der Waals surface area contributed by atoms with Crippen LogP contribution in [-0.4, -0.2) is 88.5 Å². The van der Waals surface area contributed by atoms with E-state index in [2.05, 4.69) is 37.2 Å². The van der Waals surface area contributed by atoms with E-state index in [0.29, 0.717) is 29.8 Å². The third-order valence-electron chi connectivity index (χ3n) is 7.05. The van der Waals surface area contributed by atoms with Gasteiger partial charge in [0.2, 0.25) is 5.95 Å². The SMILES string of the molecule is CCCC(CO)Nc1nc(N)nc2ccn(Cc3ccc(CN4CCN(CCN)CC4)cc3OC)c(=O)c12. The van der Waals surface area contributed by atoms with Crippen LogP contribution in [0.5, 0.6) is 5.75 Å². The molecule has 206 valence electrons. The molecule has 3 aromatic rings. The van der Waals surface area contributed by atoms with Crippen molar-refractivity contribution in [2.75, 3.05) is 64.0 Å². The van der Waals surface area contributed by atoms with Crippen molar-refractivity contribution in [3.8, 4) is 5.75 Å². The van der Waals surface area contributed by atoms with E-state index in [1.165, 1.54) is 5.56 Å². The molecule has 3 heterocycles. The van der Waals surface area contributed by atoms with Crippen molar-refractivity contribution in [1.82, 2.24) is 24.3 Å². The lowest BCUT2D eigenvalue weighted by Crippen LogP contribution is -2.47. The van der Waals surface area contributed by atoms with E-state index in [9.17, 15) is 9.90 Å². The Labute approximate surface area is 223 Å². The molecular formula is C27H40N8O3. The molecule has 0 amide bonds. The van der Waals surface area contributed by atoms with Gasteiger partial charge < -0.3 is 31.2 Å². The number of nitrogens with one attached hydrogen (secondary N) is 1. The Morgan fingerprint density at radius 1 is 1.13 bits per heavy atom. The fourth-order valence-corrected chi connectivity index (χ4v) is 4.99. The lowest BCUT2D eigenvalue weighted by Gasteiger charge is -2.34. The van der Waals surface area contributed by atoms with Gasteiger partial charge in [-0.3, -0.25) is 14.6 Å². The number of ether oxygens (including phenoxy) is 1. The summed E-state index contributed by atoms with van der Waals surface area (Å²) in [6.07, 6.45) is 3.32. The first-order valence-corrected chi connectivity index (χ1v) is 13.3. The number of hydrogen-bond donors (Lipinski definition) is 4. The maximum atomic E-state index is 13.6. The first kappa shape index (κ1) is 27.8. The summed E-state index contributed by atoms with van der Waals surface area (Å²) in [5.41, 5.74) is 13.9. The van der Waals surface area contributed by atoms with Crippen molar-refractivity contribution in [3.63, 3.8) is 0 Å². The van der Waals surface area contributed by atoms with Crippen LogP contribution >= 0.6 is 0 Å². The molecule has 1 saturated heterocycles. The van der Waals surface area contributed by atoms with Crippen molar-refractivity contribution in [3.05, 3.63) is 51.9 Å². The number of nitrogen functional groups attached to an aromatic ring is 1. The van der Waals surface area contributed by atoms with Gasteiger partial charge in [0, 0.05) is 57.6 Å². The maximum absolute atomic E-state index is 13.6. The molecule has 2 aromatic heterocycles. The summed E-state index contributed by atoms with van der Waals surface area (Å²) in [4.78, 5) is 27.0. The highest BCUT2D eigenvalue weighted by Gasteiger charge is 2.18. The van der Waals surface area contributed by atoms with Crippen LogP contribution in [-0.2, 0) is 13.1 Å². The number of anilines is 2. The third kappa shape index (κ3) is 6.60. The van der Waals surface area contributed by atoms with Gasteiger partial charge in [-0.25, -0.2) is 4.98 Å². The molecule has 0 spiro atoms. The van der Waals surface area contributed by atoms with E-state index < -0.39 is 0 Å². The number of pyridine rings is 1. The van der Waals surface area contributed by atoms with Crippen LogP contribution in [0, 0.1) is 0 Å². The summed E-state index contributed by atoms with van der Waals surface area (Å²) < 4.78 is 7.34. The Kier molecular flexibility index (Phi) is 9.51. The van der Waals surface area contributed by atoms with E-state index in [4.69, 9.17) is 16.2 Å². The van der Waals surface area contributed by atoms with Crippen LogP contribution < -0.4 is 27.1 Å². The molecule has 0 aliphatic carbocycles. The number of nitrogens with two attached hydrogens (primary N) is 2. The van der Waals surface area contributed by atoms with Gasteiger partial charge in [0.25, 0.3) is 5.56 Å². The number of nitrogens with zero attached hydrogens (tertiary/aromatic N) is 5. The highest BCUT2D eigenvalue weighted by molar-refractivity contribution is 5.89. The fourth-order valence-electron chi connectivity index (χ4n) is 4.99. The Balaban J connectivity index is 1.56. The summed E-state index contributed by atoms with van der Waals surface area (Å²) in [5.74, 6) is 1.16. The van der Waals surface area contributed by atoms with Gasteiger partial charge in [0.15, 0.2) is 0 Å². The fraction of sp³-hybridized carbons (Fsp3) is 0.519. The minimum absolute atomic E-state index is 0.0726. The molecule has 1 atom stereocenters. The molecule has 1 aliphatic heterocycles. The van der Waals surface area contributed by atoms with Crippen molar-refractivity contribution in [1.29, 1.82) is 0 Å². The van der Waals surface area contributed by atoms with Crippen molar-refractivity contribution in [2.24, 2.45) is 5.73 Å². The number of benzene rings is 1. The van der Waals surface area contributed by atoms with Crippen LogP contribution in [0.2, 0.25) is 0 Å². The summed E-state index contributed by atoms with van der Waals surface area (Å²) in [6, 6.07) is 7.71. The van der Waals surface area contributed by atoms with Crippen molar-refractivity contribution < 1.29 is 9.84 Å². The molecule has 0 bridgehead atoms. The second-order valence-electron chi connectivity index (χ2n) is 9.80. The average molecular weight is 525 g/mol. The van der Waals surface area contributed by atoms with E-state index >= 15 is 0 Å². The van der Waals surface area contributed by atoms with E-state index in [1.54, 1.807) is 23.9 Å². The smallest absolute Gasteiger partial charge is 0.264 e. The molecule has 11 nitrogen and oxygen atoms in total. The highest BCUT2D eigenvalue weighted by Crippen LogP contribution is 2.24. The molecule has 0 saturated carbocycles. The normalized spacial score (nSPS) is 15.6. The first-order chi connectivity index (χ1) is 18.4. The summed E-state index contributed by atoms with van der Waals surface area (Å²) in [6.45, 7) is 8.85. The maximum Gasteiger partial charge on any atom is 0.264 e. The van der Waals surface area contributed by atoms with E-state index in [0.717, 1.165) is 63.4 Å². The second-order valence-corrected chi connectivity index (χ2v) is 9.80. The van der Waals surface area contributed by atoms with E-state index in [-0.39, 0.29) is 24.2 Å². The van der Waals surface area contributed by atoms with Gasteiger partial charge in [-0.05, 0) is 24.1 Å². The minimum atomic E-state index is -0.236. The van der Waals surface area contributed by atoms with Crippen LogP contribution in [0.25, 0.3) is 10.9 Å². The topological polar surface area (TPSA) is 148 Å². The number of aromatic nitrogens is 3.